The second kappa shape index (κ2) is 19.1. The first-order chi connectivity index (χ1) is 28.3. The Morgan fingerprint density at radius 3 is 2.37 bits per heavy atom. The third-order valence-electron chi connectivity index (χ3n) is 11.5. The predicted molar refractivity (Wildman–Crippen MR) is 267 cm³/mol. The van der Waals surface area contributed by atoms with Crippen LogP contribution in [0.4, 0.5) is 5.69 Å². The monoisotopic (exact) mass is 832 g/mol. The van der Waals surface area contributed by atoms with Crippen LogP contribution in [0.25, 0.3) is 29.0 Å². The normalized spacial score (nSPS) is 17.7. The molecule has 0 radical (unpaired) electrons. The van der Waals surface area contributed by atoms with Gasteiger partial charge in [-0.05, 0) is 111 Å². The molecule has 2 N–H and O–H groups in total. The average molecular weight is 833 g/mol. The molecule has 1 aliphatic carbocycles. The number of allylic oxidation sites excluding steroid dienone is 8. The number of fused-ring (bicyclic) bond motifs is 2. The SMILES string of the molecule is C=C/C=c1/ccc2c(/c1=C/C)C(C)(C)/C(=C\C=C1/CCCC(/C=C/C(=NC)C(C)(C)c3cccc4ccccc34)=C1SC(=N)SC(=N)SCc1ccc(C=C)cc1)N2C. The summed E-state index contributed by atoms with van der Waals surface area (Å²) in [5, 5.41) is 22.9. The van der Waals surface area contributed by atoms with Crippen molar-refractivity contribution in [2.45, 2.75) is 70.5 Å². The van der Waals surface area contributed by atoms with Crippen LogP contribution in [0.1, 0.15) is 76.1 Å². The maximum Gasteiger partial charge on any atom is 0.133 e. The zero-order valence-electron chi connectivity index (χ0n) is 35.5. The van der Waals surface area contributed by atoms with Gasteiger partial charge >= 0.3 is 0 Å². The maximum atomic E-state index is 9.21. The smallest absolute Gasteiger partial charge is 0.133 e. The van der Waals surface area contributed by atoms with Crippen molar-refractivity contribution in [1.82, 2.24) is 0 Å². The molecule has 4 aromatic carbocycles. The number of nitrogens with one attached hydrogen (secondary N) is 2. The molecule has 0 saturated heterocycles. The standard InChI is InChI=1S/C52H56N4S3/c1-10-17-37-28-31-44-47(41(37)12-3)52(6,7)46(56(44)9)33-30-40-21-15-20-39(48(40)58-50(54)59-49(53)57-34-36-26-24-35(11-2)25-27-36)29-32-45(55-8)51(4,5)43-23-16-19-38-18-13-14-22-42(38)43/h10-14,16-19,22-33,53-54H,1-2,15,20-21,34H2,3-9H3/b32-29+,37-17-,40-30+,41-12+,46-33+,53-49?,54-50?,55-45?. The van der Waals surface area contributed by atoms with Crippen LogP contribution in [-0.2, 0) is 16.6 Å². The molecule has 6 rings (SSSR count). The van der Waals surface area contributed by atoms with E-state index in [1.54, 1.807) is 0 Å². The molecule has 0 unspecified atom stereocenters. The Balaban J connectivity index is 1.36. The zero-order valence-corrected chi connectivity index (χ0v) is 37.9. The third-order valence-corrected chi connectivity index (χ3v) is 14.6. The van der Waals surface area contributed by atoms with Crippen LogP contribution in [0.2, 0.25) is 0 Å². The van der Waals surface area contributed by atoms with E-state index in [2.05, 4.69) is 163 Å². The minimum Gasteiger partial charge on any atom is -0.347 e. The Morgan fingerprint density at radius 1 is 0.915 bits per heavy atom. The van der Waals surface area contributed by atoms with Gasteiger partial charge < -0.3 is 4.90 Å². The molecule has 0 amide bonds. The first-order valence-corrected chi connectivity index (χ1v) is 22.8. The van der Waals surface area contributed by atoms with Crippen molar-refractivity contribution in [2.75, 3.05) is 19.0 Å². The summed E-state index contributed by atoms with van der Waals surface area (Å²) < 4.78 is 0.809. The molecule has 59 heavy (non-hydrogen) atoms. The van der Waals surface area contributed by atoms with Gasteiger partial charge in [0.05, 0.1) is 0 Å². The zero-order chi connectivity index (χ0) is 42.3. The second-order valence-corrected chi connectivity index (χ2v) is 19.4. The van der Waals surface area contributed by atoms with Gasteiger partial charge in [0.15, 0.2) is 0 Å². The van der Waals surface area contributed by atoms with E-state index in [9.17, 15) is 5.41 Å². The topological polar surface area (TPSA) is 63.3 Å². The van der Waals surface area contributed by atoms with Gasteiger partial charge in [-0.25, -0.2) is 0 Å². The van der Waals surface area contributed by atoms with Crippen LogP contribution in [-0.4, -0.2) is 28.6 Å². The van der Waals surface area contributed by atoms with Crippen LogP contribution in [0.5, 0.6) is 0 Å². The van der Waals surface area contributed by atoms with Crippen LogP contribution in [0, 0.1) is 10.8 Å². The third kappa shape index (κ3) is 9.49. The molecule has 7 heteroatoms. The lowest BCUT2D eigenvalue weighted by Crippen LogP contribution is -2.33. The molecule has 0 bridgehead atoms. The molecule has 0 fully saturated rings. The first kappa shape index (κ1) is 43.8. The molecule has 302 valence electrons. The van der Waals surface area contributed by atoms with Crippen molar-refractivity contribution in [1.29, 1.82) is 10.8 Å². The minimum absolute atomic E-state index is 0.233. The van der Waals surface area contributed by atoms with E-state index in [1.165, 1.54) is 90.2 Å². The summed E-state index contributed by atoms with van der Waals surface area (Å²) in [6, 6.07) is 27.8. The van der Waals surface area contributed by atoms with E-state index in [1.807, 2.05) is 31.3 Å². The van der Waals surface area contributed by atoms with E-state index >= 15 is 0 Å². The van der Waals surface area contributed by atoms with E-state index in [0.29, 0.717) is 14.5 Å². The quantitative estimate of drug-likeness (QED) is 0.123. The summed E-state index contributed by atoms with van der Waals surface area (Å²) >= 11 is 4.17. The van der Waals surface area contributed by atoms with E-state index in [-0.39, 0.29) is 10.8 Å². The van der Waals surface area contributed by atoms with Gasteiger partial charge in [0.2, 0.25) is 0 Å². The molecular weight excluding hydrogens is 777 g/mol. The van der Waals surface area contributed by atoms with E-state index in [0.717, 1.165) is 41.0 Å². The Hall–Kier alpha value is -4.82. The highest BCUT2D eigenvalue weighted by molar-refractivity contribution is 8.54. The summed E-state index contributed by atoms with van der Waals surface area (Å²) in [6.07, 6.45) is 19.8. The van der Waals surface area contributed by atoms with Crippen molar-refractivity contribution in [3.8, 4) is 0 Å². The lowest BCUT2D eigenvalue weighted by atomic mass is 9.77. The average Bonchev–Trinajstić information content (AvgIpc) is 3.42. The number of hydrogen-bond donors (Lipinski definition) is 2. The molecule has 0 saturated carbocycles. The Morgan fingerprint density at radius 2 is 1.66 bits per heavy atom. The highest BCUT2D eigenvalue weighted by atomic mass is 32.2. The van der Waals surface area contributed by atoms with Crippen LogP contribution in [0.15, 0.2) is 149 Å². The lowest BCUT2D eigenvalue weighted by molar-refractivity contribution is 0.635. The summed E-state index contributed by atoms with van der Waals surface area (Å²) in [7, 11) is 4.05. The number of rotatable bonds is 10. The van der Waals surface area contributed by atoms with Crippen molar-refractivity contribution in [2.24, 2.45) is 4.99 Å². The first-order valence-electron chi connectivity index (χ1n) is 20.2. The van der Waals surface area contributed by atoms with Gasteiger partial charge in [0, 0.05) is 52.7 Å². The molecule has 4 nitrogen and oxygen atoms in total. The lowest BCUT2D eigenvalue weighted by Gasteiger charge is -2.28. The molecule has 2 aliphatic rings. The van der Waals surface area contributed by atoms with Gasteiger partial charge in [-0.3, -0.25) is 15.8 Å². The van der Waals surface area contributed by atoms with Gasteiger partial charge in [-0.2, -0.15) is 0 Å². The fourth-order valence-electron chi connectivity index (χ4n) is 8.45. The Bertz CT molecular complexity index is 2580. The second-order valence-electron chi connectivity index (χ2n) is 15.9. The van der Waals surface area contributed by atoms with Crippen molar-refractivity contribution in [3.63, 3.8) is 0 Å². The fraction of sp³-hybridized carbons (Fsp3) is 0.250. The van der Waals surface area contributed by atoms with Gasteiger partial charge in [0.1, 0.15) is 8.75 Å². The number of nitrogens with zero attached hydrogens (tertiary/aromatic N) is 2. The summed E-state index contributed by atoms with van der Waals surface area (Å²) in [4.78, 5) is 8.30. The number of thioether (sulfide) groups is 3. The van der Waals surface area contributed by atoms with Gasteiger partial charge in [-0.15, -0.1) is 0 Å². The number of anilines is 1. The van der Waals surface area contributed by atoms with Crippen molar-refractivity contribution in [3.05, 3.63) is 177 Å². The summed E-state index contributed by atoms with van der Waals surface area (Å²) in [5.74, 6) is 0.679. The number of benzene rings is 4. The Labute approximate surface area is 364 Å². The fourth-order valence-corrected chi connectivity index (χ4v) is 11.4. The molecule has 0 aromatic heterocycles. The van der Waals surface area contributed by atoms with Crippen molar-refractivity contribution < 1.29 is 0 Å². The van der Waals surface area contributed by atoms with Gasteiger partial charge in [0.25, 0.3) is 0 Å². The predicted octanol–water partition coefficient (Wildman–Crippen LogP) is 13.1. The molecule has 0 spiro atoms. The van der Waals surface area contributed by atoms with Crippen LogP contribution >= 0.6 is 35.3 Å². The minimum atomic E-state index is -0.343. The highest BCUT2D eigenvalue weighted by Crippen LogP contribution is 2.46. The summed E-state index contributed by atoms with van der Waals surface area (Å²) in [5.41, 5.74) is 10.1. The summed E-state index contributed by atoms with van der Waals surface area (Å²) in [6.45, 7) is 19.1. The number of hydrogen-bond acceptors (Lipinski definition) is 7. The van der Waals surface area contributed by atoms with E-state index in [4.69, 9.17) is 10.4 Å². The van der Waals surface area contributed by atoms with Crippen molar-refractivity contribution >= 4 is 84.4 Å². The van der Waals surface area contributed by atoms with Crippen LogP contribution in [0.3, 0.4) is 0 Å². The van der Waals surface area contributed by atoms with E-state index < -0.39 is 0 Å². The highest BCUT2D eigenvalue weighted by Gasteiger charge is 2.39. The van der Waals surface area contributed by atoms with Gasteiger partial charge in [-0.1, -0.05) is 174 Å². The molecule has 1 heterocycles. The molecule has 0 atom stereocenters. The molecular formula is C52H56N4S3. The molecule has 4 aromatic rings. The Kier molecular flexibility index (Phi) is 14.1. The number of likely N-dealkylation sites (N-methyl/N-ethyl adjacent to an activating group) is 1. The maximum absolute atomic E-state index is 9.21. The molecule has 1 aliphatic heterocycles. The number of aliphatic imine (C=N–C) groups is 1. The largest absolute Gasteiger partial charge is 0.347 e. The van der Waals surface area contributed by atoms with Crippen LogP contribution < -0.4 is 15.3 Å².